The summed E-state index contributed by atoms with van der Waals surface area (Å²) in [6.07, 6.45) is 6.58. The van der Waals surface area contributed by atoms with Crippen LogP contribution in [0.15, 0.2) is 22.7 Å². The minimum absolute atomic E-state index is 0.115. The van der Waals surface area contributed by atoms with Crippen LogP contribution < -0.4 is 10.1 Å². The van der Waals surface area contributed by atoms with Crippen molar-refractivity contribution in [2.45, 2.75) is 43.7 Å². The summed E-state index contributed by atoms with van der Waals surface area (Å²) >= 11 is 3.57. The molecule has 4 rings (SSSR count). The van der Waals surface area contributed by atoms with Crippen molar-refractivity contribution in [1.29, 1.82) is 0 Å². The maximum absolute atomic E-state index is 6.56. The van der Waals surface area contributed by atoms with Gasteiger partial charge in [-0.1, -0.05) is 22.0 Å². The van der Waals surface area contributed by atoms with E-state index in [4.69, 9.17) is 4.74 Å². The number of hydrogen-bond acceptors (Lipinski definition) is 2. The second-order valence-electron chi connectivity index (χ2n) is 6.47. The first-order valence-corrected chi connectivity index (χ1v) is 8.15. The quantitative estimate of drug-likeness (QED) is 0.842. The Labute approximate surface area is 123 Å². The standard InChI is InChI=1S/C16H20BrNO/c1-18-14-9-16(8-10-2-3-11(16)6-10)19-15-7-12(17)4-5-13(14)15/h4-5,7,10-11,14,18H,2-3,6,8-9H2,1H3. The zero-order valence-corrected chi connectivity index (χ0v) is 12.9. The number of benzene rings is 1. The molecule has 0 radical (unpaired) electrons. The molecule has 1 aliphatic heterocycles. The molecule has 3 heteroatoms. The van der Waals surface area contributed by atoms with Crippen LogP contribution in [-0.2, 0) is 0 Å². The highest BCUT2D eigenvalue weighted by Gasteiger charge is 2.55. The molecule has 2 nitrogen and oxygen atoms in total. The summed E-state index contributed by atoms with van der Waals surface area (Å²) in [6.45, 7) is 0. The lowest BCUT2D eigenvalue weighted by atomic mass is 9.76. The van der Waals surface area contributed by atoms with Crippen molar-refractivity contribution in [3.05, 3.63) is 28.2 Å². The Kier molecular flexibility index (Phi) is 2.72. The third-order valence-corrected chi connectivity index (χ3v) is 5.98. The molecule has 19 heavy (non-hydrogen) atoms. The predicted molar refractivity (Wildman–Crippen MR) is 79.4 cm³/mol. The molecule has 1 aromatic rings. The van der Waals surface area contributed by atoms with Crippen LogP contribution >= 0.6 is 15.9 Å². The molecule has 2 bridgehead atoms. The van der Waals surface area contributed by atoms with E-state index >= 15 is 0 Å². The summed E-state index contributed by atoms with van der Waals surface area (Å²) in [7, 11) is 2.07. The molecule has 102 valence electrons. The lowest BCUT2D eigenvalue weighted by Gasteiger charge is -2.45. The molecule has 1 N–H and O–H groups in total. The Bertz CT molecular complexity index is 517. The van der Waals surface area contributed by atoms with Gasteiger partial charge in [0.25, 0.3) is 0 Å². The number of rotatable bonds is 1. The molecule has 4 atom stereocenters. The summed E-state index contributed by atoms with van der Waals surface area (Å²) < 4.78 is 7.67. The maximum Gasteiger partial charge on any atom is 0.126 e. The van der Waals surface area contributed by atoms with Gasteiger partial charge in [0, 0.05) is 22.5 Å². The molecule has 1 spiro atoms. The average Bonchev–Trinajstić information content (AvgIpc) is 2.97. The van der Waals surface area contributed by atoms with Crippen LogP contribution in [0, 0.1) is 11.8 Å². The number of ether oxygens (including phenoxy) is 1. The van der Waals surface area contributed by atoms with E-state index in [0.717, 1.165) is 28.5 Å². The third kappa shape index (κ3) is 1.78. The van der Waals surface area contributed by atoms with Gasteiger partial charge in [-0.2, -0.15) is 0 Å². The van der Waals surface area contributed by atoms with E-state index in [-0.39, 0.29) is 5.60 Å². The van der Waals surface area contributed by atoms with Crippen molar-refractivity contribution >= 4 is 15.9 Å². The highest BCUT2D eigenvalue weighted by Crippen LogP contribution is 2.58. The molecule has 1 heterocycles. The molecule has 0 amide bonds. The van der Waals surface area contributed by atoms with Crippen LogP contribution in [0.2, 0.25) is 0 Å². The number of fused-ring (bicyclic) bond motifs is 4. The Morgan fingerprint density at radius 1 is 1.32 bits per heavy atom. The second kappa shape index (κ2) is 4.23. The maximum atomic E-state index is 6.56. The van der Waals surface area contributed by atoms with E-state index in [2.05, 4.69) is 46.5 Å². The van der Waals surface area contributed by atoms with Gasteiger partial charge in [0.15, 0.2) is 0 Å². The van der Waals surface area contributed by atoms with Gasteiger partial charge < -0.3 is 10.1 Å². The van der Waals surface area contributed by atoms with E-state index < -0.39 is 0 Å². The van der Waals surface area contributed by atoms with Crippen molar-refractivity contribution in [2.75, 3.05) is 7.05 Å². The first kappa shape index (κ1) is 12.2. The number of hydrogen-bond donors (Lipinski definition) is 1. The second-order valence-corrected chi connectivity index (χ2v) is 7.39. The zero-order chi connectivity index (χ0) is 13.0. The van der Waals surface area contributed by atoms with E-state index in [0.29, 0.717) is 6.04 Å². The Hall–Kier alpha value is -0.540. The van der Waals surface area contributed by atoms with Gasteiger partial charge in [-0.3, -0.25) is 0 Å². The van der Waals surface area contributed by atoms with Crippen LogP contribution in [0.25, 0.3) is 0 Å². The van der Waals surface area contributed by atoms with Crippen molar-refractivity contribution in [2.24, 2.45) is 11.8 Å². The normalized spacial score (nSPS) is 39.4. The predicted octanol–water partition coefficient (Wildman–Crippen LogP) is 4.05. The molecule has 4 unspecified atom stereocenters. The van der Waals surface area contributed by atoms with Gasteiger partial charge in [-0.05, 0) is 56.7 Å². The van der Waals surface area contributed by atoms with Crippen molar-refractivity contribution in [3.8, 4) is 5.75 Å². The van der Waals surface area contributed by atoms with Crippen molar-refractivity contribution in [3.63, 3.8) is 0 Å². The third-order valence-electron chi connectivity index (χ3n) is 5.48. The van der Waals surface area contributed by atoms with E-state index in [9.17, 15) is 0 Å². The van der Waals surface area contributed by atoms with Gasteiger partial charge in [0.2, 0.25) is 0 Å². The largest absolute Gasteiger partial charge is 0.487 e. The minimum Gasteiger partial charge on any atom is -0.487 e. The highest BCUT2D eigenvalue weighted by molar-refractivity contribution is 9.10. The summed E-state index contributed by atoms with van der Waals surface area (Å²) in [5.74, 6) is 2.78. The first-order valence-electron chi connectivity index (χ1n) is 7.36. The SMILES string of the molecule is CNC1CC2(CC3CCC2C3)Oc2cc(Br)ccc21. The van der Waals surface area contributed by atoms with Crippen molar-refractivity contribution < 1.29 is 4.74 Å². The van der Waals surface area contributed by atoms with Gasteiger partial charge in [0.1, 0.15) is 11.4 Å². The molecule has 1 aromatic carbocycles. The lowest BCUT2D eigenvalue weighted by Crippen LogP contribution is -2.47. The van der Waals surface area contributed by atoms with Gasteiger partial charge in [0.05, 0.1) is 0 Å². The van der Waals surface area contributed by atoms with Crippen LogP contribution in [0.3, 0.4) is 0 Å². The highest BCUT2D eigenvalue weighted by atomic mass is 79.9. The molecular weight excluding hydrogens is 302 g/mol. The topological polar surface area (TPSA) is 21.3 Å². The van der Waals surface area contributed by atoms with Crippen LogP contribution in [-0.4, -0.2) is 12.6 Å². The Balaban J connectivity index is 1.75. The summed E-state index contributed by atoms with van der Waals surface area (Å²) in [5, 5.41) is 3.49. The molecule has 2 saturated carbocycles. The van der Waals surface area contributed by atoms with Crippen LogP contribution in [0.4, 0.5) is 0 Å². The average molecular weight is 322 g/mol. The molecule has 0 aromatic heterocycles. The van der Waals surface area contributed by atoms with Crippen LogP contribution in [0.5, 0.6) is 5.75 Å². The molecule has 2 fully saturated rings. The Morgan fingerprint density at radius 2 is 2.21 bits per heavy atom. The van der Waals surface area contributed by atoms with E-state index in [1.165, 1.54) is 31.2 Å². The fourth-order valence-electron chi connectivity index (χ4n) is 4.63. The summed E-state index contributed by atoms with van der Waals surface area (Å²) in [5.41, 5.74) is 1.43. The van der Waals surface area contributed by atoms with E-state index in [1.54, 1.807) is 0 Å². The number of nitrogens with one attached hydrogen (secondary N) is 1. The number of halogens is 1. The van der Waals surface area contributed by atoms with E-state index in [1.807, 2.05) is 0 Å². The molecular formula is C16H20BrNO. The first-order chi connectivity index (χ1) is 9.20. The van der Waals surface area contributed by atoms with Crippen molar-refractivity contribution in [1.82, 2.24) is 5.32 Å². The smallest absolute Gasteiger partial charge is 0.126 e. The summed E-state index contributed by atoms with van der Waals surface area (Å²) in [6, 6.07) is 6.90. The van der Waals surface area contributed by atoms with Gasteiger partial charge in [-0.25, -0.2) is 0 Å². The van der Waals surface area contributed by atoms with Gasteiger partial charge >= 0.3 is 0 Å². The fraction of sp³-hybridized carbons (Fsp3) is 0.625. The molecule has 0 saturated heterocycles. The minimum atomic E-state index is 0.115. The zero-order valence-electron chi connectivity index (χ0n) is 11.3. The van der Waals surface area contributed by atoms with Gasteiger partial charge in [-0.15, -0.1) is 0 Å². The lowest BCUT2D eigenvalue weighted by molar-refractivity contribution is -0.0176. The monoisotopic (exact) mass is 321 g/mol. The summed E-state index contributed by atoms with van der Waals surface area (Å²) in [4.78, 5) is 0. The molecule has 3 aliphatic rings. The Morgan fingerprint density at radius 3 is 2.89 bits per heavy atom. The van der Waals surface area contributed by atoms with Crippen LogP contribution in [0.1, 0.15) is 43.7 Å². The fourth-order valence-corrected chi connectivity index (χ4v) is 4.97. The molecule has 2 aliphatic carbocycles.